The second-order valence-electron chi connectivity index (χ2n) is 6.96. The Hall–Kier alpha value is -2.01. The number of carbonyl (C=O) groups is 1. The van der Waals surface area contributed by atoms with Crippen molar-refractivity contribution >= 4 is 17.5 Å². The number of halogens is 4. The molecule has 3 rings (SSSR count). The fraction of sp³-hybridized carbons (Fsp3) is 0.381. The van der Waals surface area contributed by atoms with E-state index in [0.717, 1.165) is 37.0 Å². The fourth-order valence-electron chi connectivity index (χ4n) is 3.47. The SMILES string of the molecule is O=C(Cc1ccc(C(F)(F)F)cc1)N1CCCCC(c2ccc(Cl)cc2)C1. The topological polar surface area (TPSA) is 20.3 Å². The summed E-state index contributed by atoms with van der Waals surface area (Å²) in [5, 5.41) is 0.683. The van der Waals surface area contributed by atoms with Crippen molar-refractivity contribution in [2.75, 3.05) is 13.1 Å². The van der Waals surface area contributed by atoms with Crippen LogP contribution < -0.4 is 0 Å². The Morgan fingerprint density at radius 3 is 2.33 bits per heavy atom. The quantitative estimate of drug-likeness (QED) is 0.653. The van der Waals surface area contributed by atoms with Crippen LogP contribution in [0, 0.1) is 0 Å². The highest BCUT2D eigenvalue weighted by atomic mass is 35.5. The molecule has 0 bridgehead atoms. The molecule has 1 saturated heterocycles. The molecule has 1 unspecified atom stereocenters. The molecule has 0 aliphatic carbocycles. The molecule has 2 aromatic carbocycles. The fourth-order valence-corrected chi connectivity index (χ4v) is 3.60. The highest BCUT2D eigenvalue weighted by Gasteiger charge is 2.30. The van der Waals surface area contributed by atoms with E-state index in [4.69, 9.17) is 11.6 Å². The lowest BCUT2D eigenvalue weighted by atomic mass is 9.94. The predicted octanol–water partition coefficient (Wildman–Crippen LogP) is 5.70. The molecule has 1 aliphatic rings. The molecule has 1 aliphatic heterocycles. The van der Waals surface area contributed by atoms with Crippen LogP contribution in [0.2, 0.25) is 5.02 Å². The molecule has 1 atom stereocenters. The minimum Gasteiger partial charge on any atom is -0.342 e. The van der Waals surface area contributed by atoms with E-state index in [0.29, 0.717) is 23.7 Å². The minimum atomic E-state index is -4.36. The van der Waals surface area contributed by atoms with Crippen molar-refractivity contribution in [1.29, 1.82) is 0 Å². The Kier molecular flexibility index (Phi) is 6.10. The van der Waals surface area contributed by atoms with Crippen molar-refractivity contribution in [2.45, 2.75) is 37.8 Å². The number of carbonyl (C=O) groups excluding carboxylic acids is 1. The van der Waals surface area contributed by atoms with Crippen LogP contribution >= 0.6 is 11.6 Å². The lowest BCUT2D eigenvalue weighted by Gasteiger charge is -2.25. The first-order valence-corrected chi connectivity index (χ1v) is 9.40. The molecule has 0 radical (unpaired) electrons. The Balaban J connectivity index is 1.67. The Bertz CT molecular complexity index is 772. The summed E-state index contributed by atoms with van der Waals surface area (Å²) < 4.78 is 38.0. The zero-order chi connectivity index (χ0) is 19.4. The van der Waals surface area contributed by atoms with Crippen LogP contribution in [0.25, 0.3) is 0 Å². The van der Waals surface area contributed by atoms with E-state index in [1.807, 2.05) is 29.2 Å². The van der Waals surface area contributed by atoms with Crippen LogP contribution in [0.1, 0.15) is 41.9 Å². The van der Waals surface area contributed by atoms with Gasteiger partial charge in [-0.1, -0.05) is 42.3 Å². The maximum absolute atomic E-state index is 12.7. The molecular weight excluding hydrogens is 375 g/mol. The number of nitrogens with zero attached hydrogens (tertiary/aromatic N) is 1. The van der Waals surface area contributed by atoms with Gasteiger partial charge in [0.1, 0.15) is 0 Å². The summed E-state index contributed by atoms with van der Waals surface area (Å²) in [6.07, 6.45) is -1.27. The molecule has 6 heteroatoms. The summed E-state index contributed by atoms with van der Waals surface area (Å²) >= 11 is 5.96. The first kappa shape index (κ1) is 19.7. The molecule has 0 aromatic heterocycles. The number of amides is 1. The third-order valence-electron chi connectivity index (χ3n) is 5.00. The standard InChI is InChI=1S/C21H21ClF3NO/c22-19-10-6-16(7-11-19)17-3-1-2-12-26(14-17)20(27)13-15-4-8-18(9-5-15)21(23,24)25/h4-11,17H,1-3,12-14H2. The van der Waals surface area contributed by atoms with Crippen molar-refractivity contribution in [3.63, 3.8) is 0 Å². The number of benzene rings is 2. The van der Waals surface area contributed by atoms with Crippen molar-refractivity contribution in [3.05, 3.63) is 70.2 Å². The third-order valence-corrected chi connectivity index (χ3v) is 5.25. The average Bonchev–Trinajstić information content (AvgIpc) is 2.88. The zero-order valence-corrected chi connectivity index (χ0v) is 15.6. The first-order valence-electron chi connectivity index (χ1n) is 9.02. The minimum absolute atomic E-state index is 0.0457. The van der Waals surface area contributed by atoms with Gasteiger partial charge in [0.05, 0.1) is 12.0 Å². The zero-order valence-electron chi connectivity index (χ0n) is 14.8. The maximum atomic E-state index is 12.7. The molecule has 0 N–H and O–H groups in total. The van der Waals surface area contributed by atoms with Crippen LogP contribution in [-0.4, -0.2) is 23.9 Å². The van der Waals surface area contributed by atoms with Gasteiger partial charge in [-0.2, -0.15) is 13.2 Å². The lowest BCUT2D eigenvalue weighted by molar-refractivity contribution is -0.137. The molecule has 0 spiro atoms. The normalized spacial score (nSPS) is 18.2. The predicted molar refractivity (Wildman–Crippen MR) is 99.8 cm³/mol. The monoisotopic (exact) mass is 395 g/mol. The number of alkyl halides is 3. The molecule has 1 fully saturated rings. The average molecular weight is 396 g/mol. The molecule has 1 amide bonds. The van der Waals surface area contributed by atoms with Gasteiger partial charge in [-0.3, -0.25) is 4.79 Å². The number of likely N-dealkylation sites (tertiary alicyclic amines) is 1. The van der Waals surface area contributed by atoms with Crippen LogP contribution in [0.3, 0.4) is 0 Å². The van der Waals surface area contributed by atoms with Crippen LogP contribution in [0.5, 0.6) is 0 Å². The van der Waals surface area contributed by atoms with E-state index < -0.39 is 11.7 Å². The second-order valence-corrected chi connectivity index (χ2v) is 7.39. The summed E-state index contributed by atoms with van der Waals surface area (Å²) in [5.74, 6) is 0.206. The van der Waals surface area contributed by atoms with Crippen molar-refractivity contribution in [3.8, 4) is 0 Å². The van der Waals surface area contributed by atoms with Gasteiger partial charge in [-0.25, -0.2) is 0 Å². The van der Waals surface area contributed by atoms with E-state index >= 15 is 0 Å². The molecule has 27 heavy (non-hydrogen) atoms. The van der Waals surface area contributed by atoms with Gasteiger partial charge in [-0.05, 0) is 48.2 Å². The largest absolute Gasteiger partial charge is 0.416 e. The number of hydrogen-bond donors (Lipinski definition) is 0. The van der Waals surface area contributed by atoms with Gasteiger partial charge in [0.25, 0.3) is 0 Å². The molecule has 2 aromatic rings. The third kappa shape index (κ3) is 5.25. The van der Waals surface area contributed by atoms with E-state index in [1.165, 1.54) is 12.1 Å². The summed E-state index contributed by atoms with van der Waals surface area (Å²) in [6.45, 7) is 1.31. The molecule has 2 nitrogen and oxygen atoms in total. The van der Waals surface area contributed by atoms with E-state index in [-0.39, 0.29) is 18.2 Å². The van der Waals surface area contributed by atoms with E-state index in [1.54, 1.807) is 0 Å². The number of hydrogen-bond acceptors (Lipinski definition) is 1. The molecular formula is C21H21ClF3NO. The molecule has 1 heterocycles. The van der Waals surface area contributed by atoms with E-state index in [9.17, 15) is 18.0 Å². The second kappa shape index (κ2) is 8.34. The van der Waals surface area contributed by atoms with Gasteiger partial charge < -0.3 is 4.90 Å². The Morgan fingerprint density at radius 1 is 1.04 bits per heavy atom. The lowest BCUT2D eigenvalue weighted by Crippen LogP contribution is -2.35. The smallest absolute Gasteiger partial charge is 0.342 e. The van der Waals surface area contributed by atoms with E-state index in [2.05, 4.69) is 0 Å². The Labute approximate surface area is 161 Å². The number of rotatable bonds is 3. The summed E-state index contributed by atoms with van der Waals surface area (Å²) in [6, 6.07) is 12.5. The van der Waals surface area contributed by atoms with Crippen LogP contribution in [-0.2, 0) is 17.4 Å². The molecule has 144 valence electrons. The van der Waals surface area contributed by atoms with Crippen LogP contribution in [0.4, 0.5) is 13.2 Å². The summed E-state index contributed by atoms with van der Waals surface area (Å²) in [4.78, 5) is 14.6. The van der Waals surface area contributed by atoms with Gasteiger partial charge in [-0.15, -0.1) is 0 Å². The van der Waals surface area contributed by atoms with Gasteiger partial charge in [0.2, 0.25) is 5.91 Å². The van der Waals surface area contributed by atoms with Crippen molar-refractivity contribution in [2.24, 2.45) is 0 Å². The van der Waals surface area contributed by atoms with Gasteiger partial charge >= 0.3 is 6.18 Å². The van der Waals surface area contributed by atoms with Gasteiger partial charge in [0, 0.05) is 24.0 Å². The summed E-state index contributed by atoms with van der Waals surface area (Å²) in [5.41, 5.74) is 1.06. The molecule has 0 saturated carbocycles. The maximum Gasteiger partial charge on any atom is 0.416 e. The van der Waals surface area contributed by atoms with Crippen molar-refractivity contribution in [1.82, 2.24) is 4.90 Å². The van der Waals surface area contributed by atoms with Crippen LogP contribution in [0.15, 0.2) is 48.5 Å². The van der Waals surface area contributed by atoms with Crippen molar-refractivity contribution < 1.29 is 18.0 Å². The Morgan fingerprint density at radius 2 is 1.70 bits per heavy atom. The highest BCUT2D eigenvalue weighted by molar-refractivity contribution is 6.30. The summed E-state index contributed by atoms with van der Waals surface area (Å²) in [7, 11) is 0. The van der Waals surface area contributed by atoms with Gasteiger partial charge in [0.15, 0.2) is 0 Å². The highest BCUT2D eigenvalue weighted by Crippen LogP contribution is 2.30. The first-order chi connectivity index (χ1) is 12.8.